The summed E-state index contributed by atoms with van der Waals surface area (Å²) in [5.74, 6) is 1.23. The highest BCUT2D eigenvalue weighted by Gasteiger charge is 2.46. The fraction of sp³-hybridized carbons (Fsp3) is 0.938. The normalized spacial score (nSPS) is 36.1. The highest BCUT2D eigenvalue weighted by Crippen LogP contribution is 2.42. The van der Waals surface area contributed by atoms with Crippen LogP contribution >= 0.6 is 0 Å². The lowest BCUT2D eigenvalue weighted by atomic mass is 9.79. The fourth-order valence-corrected chi connectivity index (χ4v) is 3.78. The van der Waals surface area contributed by atoms with Crippen LogP contribution in [0.5, 0.6) is 0 Å². The molecule has 2 aliphatic rings. The number of rotatable bonds is 5. The molecule has 18 heavy (non-hydrogen) atoms. The second-order valence-electron chi connectivity index (χ2n) is 6.02. The van der Waals surface area contributed by atoms with Crippen LogP contribution in [-0.4, -0.2) is 18.0 Å². The fourth-order valence-electron chi connectivity index (χ4n) is 3.78. The number of Topliss-reactive ketones (excluding diaryl/α,β-unsaturated/α-hetero) is 1. The predicted molar refractivity (Wildman–Crippen MR) is 73.5 cm³/mol. The Hall–Kier alpha value is -0.370. The van der Waals surface area contributed by atoms with Crippen molar-refractivity contribution >= 4 is 5.78 Å². The Kier molecular flexibility index (Phi) is 5.23. The number of hydrogen-bond donors (Lipinski definition) is 0. The summed E-state index contributed by atoms with van der Waals surface area (Å²) in [4.78, 5) is 12.5. The molecule has 0 aromatic heterocycles. The van der Waals surface area contributed by atoms with Gasteiger partial charge >= 0.3 is 0 Å². The maximum atomic E-state index is 12.5. The minimum Gasteiger partial charge on any atom is -0.374 e. The number of hydrogen-bond acceptors (Lipinski definition) is 2. The van der Waals surface area contributed by atoms with Crippen LogP contribution in [0.15, 0.2) is 0 Å². The van der Waals surface area contributed by atoms with Crippen molar-refractivity contribution in [1.29, 1.82) is 0 Å². The third kappa shape index (κ3) is 2.96. The number of carbonyl (C=O) groups is 1. The number of carbonyl (C=O) groups excluding carboxylic acids is 1. The summed E-state index contributed by atoms with van der Waals surface area (Å²) in [6, 6.07) is 0. The molecule has 1 saturated carbocycles. The second kappa shape index (κ2) is 6.70. The minimum absolute atomic E-state index is 0.211. The monoisotopic (exact) mass is 252 g/mol. The van der Waals surface area contributed by atoms with E-state index in [-0.39, 0.29) is 12.0 Å². The van der Waals surface area contributed by atoms with Gasteiger partial charge in [-0.25, -0.2) is 0 Å². The molecule has 0 N–H and O–H groups in total. The molecule has 1 aliphatic carbocycles. The van der Waals surface area contributed by atoms with Crippen LogP contribution in [0.25, 0.3) is 0 Å². The summed E-state index contributed by atoms with van der Waals surface area (Å²) in [5, 5.41) is 0. The molecule has 2 fully saturated rings. The lowest BCUT2D eigenvalue weighted by molar-refractivity contribution is -0.125. The first kappa shape index (κ1) is 14.0. The van der Waals surface area contributed by atoms with Crippen molar-refractivity contribution in [3.05, 3.63) is 0 Å². The van der Waals surface area contributed by atoms with E-state index in [2.05, 4.69) is 13.8 Å². The summed E-state index contributed by atoms with van der Waals surface area (Å²) >= 11 is 0. The Labute approximate surface area is 111 Å². The Bertz CT molecular complexity index is 274. The Morgan fingerprint density at radius 3 is 2.67 bits per heavy atom. The average Bonchev–Trinajstić information content (AvgIpc) is 2.58. The number of ketones is 1. The van der Waals surface area contributed by atoms with E-state index in [4.69, 9.17) is 4.74 Å². The van der Waals surface area contributed by atoms with Crippen LogP contribution in [0.4, 0.5) is 0 Å². The smallest absolute Gasteiger partial charge is 0.138 e. The minimum atomic E-state index is 0.211. The van der Waals surface area contributed by atoms with E-state index >= 15 is 0 Å². The van der Waals surface area contributed by atoms with Crippen molar-refractivity contribution in [2.24, 2.45) is 11.8 Å². The Balaban J connectivity index is 2.05. The van der Waals surface area contributed by atoms with E-state index in [1.807, 2.05) is 0 Å². The molecule has 1 saturated heterocycles. The van der Waals surface area contributed by atoms with Gasteiger partial charge < -0.3 is 4.74 Å². The van der Waals surface area contributed by atoms with Gasteiger partial charge in [0.25, 0.3) is 0 Å². The summed E-state index contributed by atoms with van der Waals surface area (Å²) in [5.41, 5.74) is 0. The highest BCUT2D eigenvalue weighted by atomic mass is 16.5. The predicted octanol–water partition coefficient (Wildman–Crippen LogP) is 4.12. The molecular weight excluding hydrogens is 224 g/mol. The van der Waals surface area contributed by atoms with Crippen LogP contribution < -0.4 is 0 Å². The van der Waals surface area contributed by atoms with E-state index in [0.29, 0.717) is 17.8 Å². The molecule has 0 aromatic carbocycles. The third-order valence-electron chi connectivity index (χ3n) is 4.77. The van der Waals surface area contributed by atoms with E-state index in [9.17, 15) is 4.79 Å². The van der Waals surface area contributed by atoms with Crippen molar-refractivity contribution in [2.45, 2.75) is 83.8 Å². The van der Waals surface area contributed by atoms with Crippen molar-refractivity contribution in [2.75, 3.05) is 0 Å². The SMILES string of the molecule is CCCCC(=O)[C@H]1[C@@H]2CCCCC[C@H]2O[C@H]1CC. The molecule has 0 unspecified atom stereocenters. The van der Waals surface area contributed by atoms with Crippen LogP contribution in [-0.2, 0) is 9.53 Å². The number of ether oxygens (including phenoxy) is 1. The molecule has 0 aromatic rings. The van der Waals surface area contributed by atoms with Gasteiger partial charge in [0.05, 0.1) is 12.2 Å². The van der Waals surface area contributed by atoms with Crippen molar-refractivity contribution in [3.63, 3.8) is 0 Å². The van der Waals surface area contributed by atoms with Gasteiger partial charge in [-0.1, -0.05) is 39.5 Å². The van der Waals surface area contributed by atoms with Gasteiger partial charge in [0, 0.05) is 12.3 Å². The lowest BCUT2D eigenvalue weighted by Crippen LogP contribution is -2.29. The third-order valence-corrected chi connectivity index (χ3v) is 4.77. The standard InChI is InChI=1S/C16H28O2/c1-3-5-10-13(17)16-12-9-7-6-8-11-15(12)18-14(16)4-2/h12,14-16H,3-11H2,1-2H3/t12-,14+,15-,16-/m1/s1. The molecule has 0 bridgehead atoms. The van der Waals surface area contributed by atoms with Crippen molar-refractivity contribution < 1.29 is 9.53 Å². The van der Waals surface area contributed by atoms with E-state index in [0.717, 1.165) is 25.7 Å². The molecule has 1 aliphatic heterocycles. The quantitative estimate of drug-likeness (QED) is 0.735. The summed E-state index contributed by atoms with van der Waals surface area (Å²) in [6.45, 7) is 4.32. The van der Waals surface area contributed by atoms with Gasteiger partial charge in [0.15, 0.2) is 0 Å². The molecule has 2 nitrogen and oxygen atoms in total. The van der Waals surface area contributed by atoms with Gasteiger partial charge in [0.2, 0.25) is 0 Å². The highest BCUT2D eigenvalue weighted by molar-refractivity contribution is 5.82. The van der Waals surface area contributed by atoms with Gasteiger partial charge in [-0.05, 0) is 31.6 Å². The van der Waals surface area contributed by atoms with Crippen molar-refractivity contribution in [1.82, 2.24) is 0 Å². The van der Waals surface area contributed by atoms with E-state index in [1.165, 1.54) is 32.1 Å². The van der Waals surface area contributed by atoms with Gasteiger partial charge in [-0.3, -0.25) is 4.79 Å². The first-order valence-corrected chi connectivity index (χ1v) is 7.96. The second-order valence-corrected chi connectivity index (χ2v) is 6.02. The molecule has 2 rings (SSSR count). The topological polar surface area (TPSA) is 26.3 Å². The first-order chi connectivity index (χ1) is 8.77. The van der Waals surface area contributed by atoms with E-state index < -0.39 is 0 Å². The van der Waals surface area contributed by atoms with E-state index in [1.54, 1.807) is 0 Å². The zero-order valence-electron chi connectivity index (χ0n) is 12.0. The maximum absolute atomic E-state index is 12.5. The van der Waals surface area contributed by atoms with Crippen molar-refractivity contribution in [3.8, 4) is 0 Å². The van der Waals surface area contributed by atoms with Crippen LogP contribution in [0.1, 0.15) is 71.6 Å². The molecule has 0 spiro atoms. The first-order valence-electron chi connectivity index (χ1n) is 7.96. The average molecular weight is 252 g/mol. The number of fused-ring (bicyclic) bond motifs is 1. The van der Waals surface area contributed by atoms with Crippen LogP contribution in [0.2, 0.25) is 0 Å². The lowest BCUT2D eigenvalue weighted by Gasteiger charge is -2.21. The maximum Gasteiger partial charge on any atom is 0.138 e. The molecule has 4 atom stereocenters. The van der Waals surface area contributed by atoms with Crippen LogP contribution in [0.3, 0.4) is 0 Å². The molecule has 0 radical (unpaired) electrons. The zero-order valence-corrected chi connectivity index (χ0v) is 12.0. The van der Waals surface area contributed by atoms with Gasteiger partial charge in [-0.15, -0.1) is 0 Å². The Morgan fingerprint density at radius 1 is 1.17 bits per heavy atom. The van der Waals surface area contributed by atoms with Gasteiger partial charge in [0.1, 0.15) is 5.78 Å². The van der Waals surface area contributed by atoms with Gasteiger partial charge in [-0.2, -0.15) is 0 Å². The molecular formula is C16H28O2. The zero-order chi connectivity index (χ0) is 13.0. The summed E-state index contributed by atoms with van der Waals surface area (Å²) in [6.07, 6.45) is 10.8. The van der Waals surface area contributed by atoms with Crippen LogP contribution in [0, 0.1) is 11.8 Å². The largest absolute Gasteiger partial charge is 0.374 e. The summed E-state index contributed by atoms with van der Waals surface area (Å²) in [7, 11) is 0. The number of unbranched alkanes of at least 4 members (excludes halogenated alkanes) is 1. The molecule has 2 heteroatoms. The molecule has 1 heterocycles. The Morgan fingerprint density at radius 2 is 1.94 bits per heavy atom. The molecule has 0 amide bonds. The summed E-state index contributed by atoms with van der Waals surface area (Å²) < 4.78 is 6.19. The molecule has 104 valence electrons.